The average molecular weight is 223 g/mol. The van der Waals surface area contributed by atoms with Gasteiger partial charge in [0.25, 0.3) is 0 Å². The van der Waals surface area contributed by atoms with Crippen molar-refractivity contribution in [1.82, 2.24) is 0 Å². The molecule has 2 unspecified atom stereocenters. The number of carboxylic acid groups (broad SMARTS) is 1. The zero-order chi connectivity index (χ0) is 11.7. The van der Waals surface area contributed by atoms with Gasteiger partial charge < -0.3 is 10.4 Å². The van der Waals surface area contributed by atoms with Gasteiger partial charge in [-0.15, -0.1) is 0 Å². The number of fused-ring (bicyclic) bond motifs is 1. The number of nitrogens with one attached hydrogen (secondary N) is 1. The highest BCUT2D eigenvalue weighted by Crippen LogP contribution is 2.31. The molecule has 0 aromatic heterocycles. The van der Waals surface area contributed by atoms with Crippen LogP contribution in [0.25, 0.3) is 0 Å². The molecule has 2 N–H and O–H groups in total. The molecule has 1 heterocycles. The van der Waals surface area contributed by atoms with Crippen LogP contribution in [-0.2, 0) is 11.2 Å². The van der Waals surface area contributed by atoms with Gasteiger partial charge in [0.2, 0.25) is 0 Å². The molecule has 0 bridgehead atoms. The monoisotopic (exact) mass is 223 g/mol. The summed E-state index contributed by atoms with van der Waals surface area (Å²) in [5.41, 5.74) is 1.46. The lowest BCUT2D eigenvalue weighted by Crippen LogP contribution is -2.26. The van der Waals surface area contributed by atoms with E-state index in [0.717, 1.165) is 5.56 Å². The van der Waals surface area contributed by atoms with E-state index >= 15 is 0 Å². The summed E-state index contributed by atoms with van der Waals surface area (Å²) in [6.45, 7) is 1.87. The Morgan fingerprint density at radius 1 is 1.69 bits per heavy atom. The van der Waals surface area contributed by atoms with Gasteiger partial charge in [-0.25, -0.2) is 4.39 Å². The van der Waals surface area contributed by atoms with Gasteiger partial charge in [-0.3, -0.25) is 4.79 Å². The van der Waals surface area contributed by atoms with Crippen LogP contribution in [0.1, 0.15) is 18.9 Å². The van der Waals surface area contributed by atoms with Gasteiger partial charge >= 0.3 is 5.97 Å². The van der Waals surface area contributed by atoms with Crippen molar-refractivity contribution in [2.24, 2.45) is 5.92 Å². The molecular formula is C12H14FNO2. The van der Waals surface area contributed by atoms with E-state index in [1.165, 1.54) is 6.07 Å². The van der Waals surface area contributed by atoms with Gasteiger partial charge in [-0.2, -0.15) is 0 Å². The number of carbonyl (C=O) groups is 1. The highest BCUT2D eigenvalue weighted by Gasteiger charge is 2.28. The fraction of sp³-hybridized carbons (Fsp3) is 0.417. The normalized spacial score (nSPS) is 20.0. The van der Waals surface area contributed by atoms with Crippen LogP contribution in [0, 0.1) is 11.7 Å². The first-order valence-electron chi connectivity index (χ1n) is 5.33. The topological polar surface area (TPSA) is 49.3 Å². The van der Waals surface area contributed by atoms with E-state index in [9.17, 15) is 9.18 Å². The third kappa shape index (κ3) is 2.01. The Bertz CT molecular complexity index is 419. The SMILES string of the molecule is CC(CC(=O)O)C1Cc2cccc(F)c2N1. The first-order valence-corrected chi connectivity index (χ1v) is 5.33. The first-order chi connectivity index (χ1) is 7.58. The Kier molecular flexibility index (Phi) is 2.81. The van der Waals surface area contributed by atoms with Crippen LogP contribution >= 0.6 is 0 Å². The first kappa shape index (κ1) is 10.9. The lowest BCUT2D eigenvalue weighted by Gasteiger charge is -2.18. The quantitative estimate of drug-likeness (QED) is 0.826. The van der Waals surface area contributed by atoms with Gasteiger partial charge in [0.15, 0.2) is 0 Å². The lowest BCUT2D eigenvalue weighted by molar-refractivity contribution is -0.138. The number of hydrogen-bond acceptors (Lipinski definition) is 2. The zero-order valence-electron chi connectivity index (χ0n) is 9.03. The summed E-state index contributed by atoms with van der Waals surface area (Å²) in [4.78, 5) is 10.6. The predicted molar refractivity (Wildman–Crippen MR) is 58.9 cm³/mol. The van der Waals surface area contributed by atoms with Gasteiger partial charge in [0.05, 0.1) is 5.69 Å². The molecule has 0 aliphatic carbocycles. The molecule has 0 saturated heterocycles. The number of rotatable bonds is 3. The molecular weight excluding hydrogens is 209 g/mol. The van der Waals surface area contributed by atoms with Crippen molar-refractivity contribution in [3.63, 3.8) is 0 Å². The second-order valence-electron chi connectivity index (χ2n) is 4.30. The molecule has 2 atom stereocenters. The summed E-state index contributed by atoms with van der Waals surface area (Å²) in [6.07, 6.45) is 0.800. The van der Waals surface area contributed by atoms with E-state index < -0.39 is 5.97 Å². The summed E-state index contributed by atoms with van der Waals surface area (Å²) in [5, 5.41) is 11.8. The van der Waals surface area contributed by atoms with E-state index in [1.54, 1.807) is 6.07 Å². The van der Waals surface area contributed by atoms with Gasteiger partial charge in [-0.1, -0.05) is 19.1 Å². The van der Waals surface area contributed by atoms with Crippen molar-refractivity contribution in [3.8, 4) is 0 Å². The molecule has 2 rings (SSSR count). The highest BCUT2D eigenvalue weighted by atomic mass is 19.1. The Morgan fingerprint density at radius 3 is 3.06 bits per heavy atom. The zero-order valence-corrected chi connectivity index (χ0v) is 9.03. The highest BCUT2D eigenvalue weighted by molar-refractivity contribution is 5.67. The molecule has 1 aromatic rings. The van der Waals surface area contributed by atoms with Crippen LogP contribution in [0.2, 0.25) is 0 Å². The van der Waals surface area contributed by atoms with Crippen molar-refractivity contribution in [3.05, 3.63) is 29.6 Å². The smallest absolute Gasteiger partial charge is 0.303 e. The number of aliphatic carboxylic acids is 1. The van der Waals surface area contributed by atoms with Gasteiger partial charge in [0, 0.05) is 12.5 Å². The second kappa shape index (κ2) is 4.12. The second-order valence-corrected chi connectivity index (χ2v) is 4.30. The Morgan fingerprint density at radius 2 is 2.44 bits per heavy atom. The third-order valence-corrected chi connectivity index (χ3v) is 3.05. The molecule has 0 spiro atoms. The Hall–Kier alpha value is -1.58. The van der Waals surface area contributed by atoms with E-state index in [0.29, 0.717) is 12.1 Å². The molecule has 1 aliphatic heterocycles. The minimum atomic E-state index is -0.814. The number of carboxylic acids is 1. The number of para-hydroxylation sites is 1. The van der Waals surface area contributed by atoms with E-state index in [2.05, 4.69) is 5.32 Å². The fourth-order valence-electron chi connectivity index (χ4n) is 2.14. The van der Waals surface area contributed by atoms with Crippen LogP contribution in [0.3, 0.4) is 0 Å². The maximum Gasteiger partial charge on any atom is 0.303 e. The maximum absolute atomic E-state index is 13.4. The summed E-state index contributed by atoms with van der Waals surface area (Å²) in [6, 6.07) is 4.98. The third-order valence-electron chi connectivity index (χ3n) is 3.05. The van der Waals surface area contributed by atoms with Crippen molar-refractivity contribution in [1.29, 1.82) is 0 Å². The Balaban J connectivity index is 2.11. The van der Waals surface area contributed by atoms with Crippen molar-refractivity contribution in [2.45, 2.75) is 25.8 Å². The lowest BCUT2D eigenvalue weighted by atomic mass is 9.96. The molecule has 16 heavy (non-hydrogen) atoms. The van der Waals surface area contributed by atoms with Crippen molar-refractivity contribution >= 4 is 11.7 Å². The largest absolute Gasteiger partial charge is 0.481 e. The summed E-state index contributed by atoms with van der Waals surface area (Å²) >= 11 is 0. The van der Waals surface area contributed by atoms with Crippen LogP contribution in [0.15, 0.2) is 18.2 Å². The average Bonchev–Trinajstić information content (AvgIpc) is 2.61. The molecule has 0 radical (unpaired) electrons. The predicted octanol–water partition coefficient (Wildman–Crippen LogP) is 2.27. The summed E-state index contributed by atoms with van der Waals surface area (Å²) < 4.78 is 13.4. The van der Waals surface area contributed by atoms with E-state index in [1.807, 2.05) is 13.0 Å². The summed E-state index contributed by atoms with van der Waals surface area (Å²) in [5.74, 6) is -1.09. The van der Waals surface area contributed by atoms with Crippen molar-refractivity contribution in [2.75, 3.05) is 5.32 Å². The minimum Gasteiger partial charge on any atom is -0.481 e. The fourth-order valence-corrected chi connectivity index (χ4v) is 2.14. The molecule has 1 aliphatic rings. The molecule has 3 nitrogen and oxygen atoms in total. The number of benzene rings is 1. The van der Waals surface area contributed by atoms with Crippen LogP contribution in [0.4, 0.5) is 10.1 Å². The van der Waals surface area contributed by atoms with Gasteiger partial charge in [-0.05, 0) is 24.0 Å². The molecule has 1 aromatic carbocycles. The van der Waals surface area contributed by atoms with Crippen LogP contribution < -0.4 is 5.32 Å². The summed E-state index contributed by atoms with van der Waals surface area (Å²) in [7, 11) is 0. The molecule has 4 heteroatoms. The van der Waals surface area contributed by atoms with Crippen LogP contribution in [-0.4, -0.2) is 17.1 Å². The molecule has 86 valence electrons. The standard InChI is InChI=1S/C12H14FNO2/c1-7(5-11(15)16)10-6-8-3-2-4-9(13)12(8)14-10/h2-4,7,10,14H,5-6H2,1H3,(H,15,16). The van der Waals surface area contributed by atoms with E-state index in [-0.39, 0.29) is 24.2 Å². The van der Waals surface area contributed by atoms with E-state index in [4.69, 9.17) is 5.11 Å². The van der Waals surface area contributed by atoms with Crippen molar-refractivity contribution < 1.29 is 14.3 Å². The molecule has 0 fully saturated rings. The Labute approximate surface area is 93.3 Å². The molecule has 0 saturated carbocycles. The number of anilines is 1. The minimum absolute atomic E-state index is 0.00991. The molecule has 0 amide bonds. The maximum atomic E-state index is 13.4. The van der Waals surface area contributed by atoms with Crippen LogP contribution in [0.5, 0.6) is 0 Å². The number of hydrogen-bond donors (Lipinski definition) is 2. The number of halogens is 1. The van der Waals surface area contributed by atoms with Gasteiger partial charge in [0.1, 0.15) is 5.82 Å².